The molecule has 1 aliphatic carbocycles. The molecule has 0 spiro atoms. The first-order chi connectivity index (χ1) is 8.65. The van der Waals surface area contributed by atoms with Gasteiger partial charge in [0.1, 0.15) is 0 Å². The summed E-state index contributed by atoms with van der Waals surface area (Å²) >= 11 is 0. The van der Waals surface area contributed by atoms with Crippen molar-refractivity contribution in [2.75, 3.05) is 13.1 Å². The Hall–Kier alpha value is -0.0800. The van der Waals surface area contributed by atoms with Gasteiger partial charge in [0.05, 0.1) is 0 Å². The summed E-state index contributed by atoms with van der Waals surface area (Å²) in [5.41, 5.74) is 0.651. The Bertz CT molecular complexity index is 283. The Morgan fingerprint density at radius 3 is 1.74 bits per heavy atom. The largest absolute Gasteiger partial charge is 0.309 e. The topological polar surface area (TPSA) is 15.3 Å². The number of nitrogens with zero attached hydrogens (tertiary/aromatic N) is 1. The molecule has 2 fully saturated rings. The summed E-state index contributed by atoms with van der Waals surface area (Å²) in [7, 11) is 0. The predicted octanol–water partition coefficient (Wildman–Crippen LogP) is 3.66. The molecule has 0 bridgehead atoms. The van der Waals surface area contributed by atoms with E-state index in [2.05, 4.69) is 51.8 Å². The molecule has 0 radical (unpaired) electrons. The Morgan fingerprint density at radius 2 is 1.32 bits per heavy atom. The average Bonchev–Trinajstić information content (AvgIpc) is 2.13. The molecular formula is C17H34N2. The molecule has 0 atom stereocenters. The zero-order chi connectivity index (χ0) is 14.3. The second kappa shape index (κ2) is 5.37. The summed E-state index contributed by atoms with van der Waals surface area (Å²) in [6.07, 6.45) is 5.65. The molecule has 2 rings (SSSR count). The van der Waals surface area contributed by atoms with Crippen LogP contribution in [0.25, 0.3) is 0 Å². The fraction of sp³-hybridized carbons (Fsp3) is 1.00. The maximum atomic E-state index is 3.78. The Kier molecular flexibility index (Phi) is 4.32. The van der Waals surface area contributed by atoms with Crippen LogP contribution in [0.4, 0.5) is 0 Å². The van der Waals surface area contributed by atoms with Crippen LogP contribution in [0.15, 0.2) is 0 Å². The highest BCUT2D eigenvalue weighted by atomic mass is 15.2. The molecule has 1 N–H and O–H groups in total. The zero-order valence-electron chi connectivity index (χ0n) is 13.9. The van der Waals surface area contributed by atoms with Gasteiger partial charge < -0.3 is 5.32 Å². The van der Waals surface area contributed by atoms with Gasteiger partial charge in [-0.15, -0.1) is 0 Å². The van der Waals surface area contributed by atoms with Crippen LogP contribution in [0.3, 0.4) is 0 Å². The molecule has 0 unspecified atom stereocenters. The number of hydrogen-bond acceptors (Lipinski definition) is 2. The van der Waals surface area contributed by atoms with E-state index in [1.165, 1.54) is 38.8 Å². The fourth-order valence-corrected chi connectivity index (χ4v) is 3.71. The lowest BCUT2D eigenvalue weighted by Gasteiger charge is -2.51. The van der Waals surface area contributed by atoms with Gasteiger partial charge in [-0.2, -0.15) is 0 Å². The van der Waals surface area contributed by atoms with Gasteiger partial charge in [-0.3, -0.25) is 4.90 Å². The van der Waals surface area contributed by atoms with E-state index in [9.17, 15) is 0 Å². The average molecular weight is 266 g/mol. The lowest BCUT2D eigenvalue weighted by atomic mass is 9.73. The first-order valence-electron chi connectivity index (χ1n) is 8.18. The summed E-state index contributed by atoms with van der Waals surface area (Å²) in [6, 6.07) is 0.759. The quantitative estimate of drug-likeness (QED) is 0.820. The van der Waals surface area contributed by atoms with Gasteiger partial charge in [-0.1, -0.05) is 0 Å². The molecule has 19 heavy (non-hydrogen) atoms. The van der Waals surface area contributed by atoms with E-state index >= 15 is 0 Å². The zero-order valence-corrected chi connectivity index (χ0v) is 13.9. The number of nitrogens with one attached hydrogen (secondary N) is 1. The predicted molar refractivity (Wildman–Crippen MR) is 83.5 cm³/mol. The van der Waals surface area contributed by atoms with Gasteiger partial charge in [-0.25, -0.2) is 0 Å². The molecule has 0 aromatic heterocycles. The van der Waals surface area contributed by atoms with Crippen LogP contribution < -0.4 is 5.32 Å². The van der Waals surface area contributed by atoms with Gasteiger partial charge in [0, 0.05) is 30.2 Å². The van der Waals surface area contributed by atoms with Crippen molar-refractivity contribution in [3.63, 3.8) is 0 Å². The highest BCUT2D eigenvalue weighted by Gasteiger charge is 2.39. The molecule has 112 valence electrons. The molecule has 2 nitrogen and oxygen atoms in total. The van der Waals surface area contributed by atoms with Crippen molar-refractivity contribution in [3.05, 3.63) is 0 Å². The minimum atomic E-state index is 0.275. The molecule has 0 aromatic carbocycles. The molecule has 1 heterocycles. The van der Waals surface area contributed by atoms with Crippen molar-refractivity contribution in [1.82, 2.24) is 10.2 Å². The van der Waals surface area contributed by atoms with Crippen LogP contribution in [0.2, 0.25) is 0 Å². The van der Waals surface area contributed by atoms with E-state index < -0.39 is 0 Å². The highest BCUT2D eigenvalue weighted by molar-refractivity contribution is 4.94. The maximum absolute atomic E-state index is 3.78. The van der Waals surface area contributed by atoms with Crippen LogP contribution >= 0.6 is 0 Å². The highest BCUT2D eigenvalue weighted by Crippen LogP contribution is 2.38. The minimum Gasteiger partial charge on any atom is -0.309 e. The molecule has 2 aliphatic rings. The van der Waals surface area contributed by atoms with Crippen molar-refractivity contribution in [3.8, 4) is 0 Å². The van der Waals surface area contributed by atoms with Crippen LogP contribution in [-0.2, 0) is 0 Å². The Balaban J connectivity index is 1.71. The van der Waals surface area contributed by atoms with E-state index in [1.54, 1.807) is 0 Å². The third-order valence-electron chi connectivity index (χ3n) is 4.93. The van der Waals surface area contributed by atoms with Crippen LogP contribution in [0.1, 0.15) is 67.2 Å². The molecule has 2 heteroatoms. The second-order valence-corrected chi connectivity index (χ2v) is 8.84. The van der Waals surface area contributed by atoms with E-state index in [4.69, 9.17) is 0 Å². The van der Waals surface area contributed by atoms with Gasteiger partial charge in [-0.05, 0) is 79.1 Å². The molecular weight excluding hydrogens is 232 g/mol. The van der Waals surface area contributed by atoms with Gasteiger partial charge in [0.15, 0.2) is 0 Å². The maximum Gasteiger partial charge on any atom is 0.0125 e. The third-order valence-corrected chi connectivity index (χ3v) is 4.93. The first kappa shape index (κ1) is 15.3. The lowest BCUT2D eigenvalue weighted by Crippen LogP contribution is -2.58. The smallest absolute Gasteiger partial charge is 0.0125 e. The van der Waals surface area contributed by atoms with Gasteiger partial charge in [0.2, 0.25) is 0 Å². The van der Waals surface area contributed by atoms with Gasteiger partial charge in [0.25, 0.3) is 0 Å². The summed E-state index contributed by atoms with van der Waals surface area (Å²) in [4.78, 5) is 2.64. The van der Waals surface area contributed by atoms with E-state index in [-0.39, 0.29) is 5.54 Å². The SMILES string of the molecule is CC(C)(C)NC1CCC(C2CN(C(C)(C)C)C2)CC1. The number of rotatable bonds is 2. The molecule has 1 saturated carbocycles. The van der Waals surface area contributed by atoms with Crippen LogP contribution in [0.5, 0.6) is 0 Å². The summed E-state index contributed by atoms with van der Waals surface area (Å²) < 4.78 is 0. The molecule has 0 aromatic rings. The van der Waals surface area contributed by atoms with Crippen molar-refractivity contribution < 1.29 is 0 Å². The van der Waals surface area contributed by atoms with Crippen LogP contribution in [0, 0.1) is 11.8 Å². The standard InChI is InChI=1S/C17H34N2/c1-16(2,3)18-15-9-7-13(8-10-15)14-11-19(12-14)17(4,5)6/h13-15,18H,7-12H2,1-6H3. The van der Waals surface area contributed by atoms with Gasteiger partial charge >= 0.3 is 0 Å². The number of hydrogen-bond donors (Lipinski definition) is 1. The van der Waals surface area contributed by atoms with Crippen molar-refractivity contribution >= 4 is 0 Å². The Labute approximate surface area is 120 Å². The monoisotopic (exact) mass is 266 g/mol. The molecule has 0 amide bonds. The lowest BCUT2D eigenvalue weighted by molar-refractivity contribution is -0.0232. The van der Waals surface area contributed by atoms with Crippen LogP contribution in [-0.4, -0.2) is 35.1 Å². The molecule has 1 aliphatic heterocycles. The third kappa shape index (κ3) is 4.19. The first-order valence-corrected chi connectivity index (χ1v) is 8.18. The van der Waals surface area contributed by atoms with Crippen molar-refractivity contribution in [2.45, 2.75) is 84.3 Å². The Morgan fingerprint density at radius 1 is 0.789 bits per heavy atom. The number of likely N-dealkylation sites (tertiary alicyclic amines) is 1. The van der Waals surface area contributed by atoms with E-state index in [1.807, 2.05) is 0 Å². The fourth-order valence-electron chi connectivity index (χ4n) is 3.71. The van der Waals surface area contributed by atoms with E-state index in [0.29, 0.717) is 5.54 Å². The summed E-state index contributed by atoms with van der Waals surface area (Å²) in [5.74, 6) is 1.98. The van der Waals surface area contributed by atoms with Crippen molar-refractivity contribution in [2.24, 2.45) is 11.8 Å². The second-order valence-electron chi connectivity index (χ2n) is 8.84. The normalized spacial score (nSPS) is 31.3. The summed E-state index contributed by atoms with van der Waals surface area (Å²) in [6.45, 7) is 16.6. The minimum absolute atomic E-state index is 0.275. The van der Waals surface area contributed by atoms with E-state index in [0.717, 1.165) is 17.9 Å². The summed E-state index contributed by atoms with van der Waals surface area (Å²) in [5, 5.41) is 3.78. The molecule has 1 saturated heterocycles. The van der Waals surface area contributed by atoms with Crippen molar-refractivity contribution in [1.29, 1.82) is 0 Å².